The molecule has 3 nitrogen and oxygen atoms in total. The van der Waals surface area contributed by atoms with Gasteiger partial charge in [0.25, 0.3) is 0 Å². The third-order valence-electron chi connectivity index (χ3n) is 3.93. The minimum atomic E-state index is 0.137. The first-order valence-electron chi connectivity index (χ1n) is 6.70. The Hall–Kier alpha value is -1.32. The van der Waals surface area contributed by atoms with Crippen LogP contribution in [0.3, 0.4) is 0 Å². The van der Waals surface area contributed by atoms with Crippen molar-refractivity contribution >= 4 is 28.3 Å². The van der Waals surface area contributed by atoms with E-state index in [1.807, 2.05) is 25.1 Å². The number of ketones is 1. The zero-order valence-corrected chi connectivity index (χ0v) is 11.7. The molecule has 1 saturated heterocycles. The summed E-state index contributed by atoms with van der Waals surface area (Å²) >= 11 is 6.18. The molecule has 0 saturated carbocycles. The van der Waals surface area contributed by atoms with Crippen molar-refractivity contribution in [1.82, 2.24) is 10.3 Å². The average molecular weight is 277 g/mol. The molecule has 0 unspecified atom stereocenters. The molecule has 4 heteroatoms. The van der Waals surface area contributed by atoms with Crippen LogP contribution >= 0.6 is 11.6 Å². The summed E-state index contributed by atoms with van der Waals surface area (Å²) in [5.74, 6) is 0.394. The molecule has 0 bridgehead atoms. The van der Waals surface area contributed by atoms with E-state index in [-0.39, 0.29) is 11.7 Å². The van der Waals surface area contributed by atoms with E-state index in [4.69, 9.17) is 11.6 Å². The summed E-state index contributed by atoms with van der Waals surface area (Å²) < 4.78 is 0. The molecule has 2 aromatic rings. The summed E-state index contributed by atoms with van der Waals surface area (Å²) in [5.41, 5.74) is 2.62. The van der Waals surface area contributed by atoms with Gasteiger partial charge in [0.15, 0.2) is 5.78 Å². The number of hydrogen-bond donors (Lipinski definition) is 2. The number of nitrogens with one attached hydrogen (secondary N) is 2. The van der Waals surface area contributed by atoms with E-state index in [1.54, 1.807) is 0 Å². The van der Waals surface area contributed by atoms with Crippen LogP contribution in [0.25, 0.3) is 10.9 Å². The predicted molar refractivity (Wildman–Crippen MR) is 78.0 cm³/mol. The van der Waals surface area contributed by atoms with Gasteiger partial charge in [-0.1, -0.05) is 23.7 Å². The monoisotopic (exact) mass is 276 g/mol. The van der Waals surface area contributed by atoms with Gasteiger partial charge in [-0.2, -0.15) is 0 Å². The summed E-state index contributed by atoms with van der Waals surface area (Å²) in [7, 11) is 0. The number of Topliss-reactive ketones (excluding diaryl/α,β-unsaturated/α-hetero) is 1. The first kappa shape index (κ1) is 12.7. The van der Waals surface area contributed by atoms with Gasteiger partial charge in [0, 0.05) is 22.6 Å². The van der Waals surface area contributed by atoms with Crippen molar-refractivity contribution in [3.8, 4) is 0 Å². The van der Waals surface area contributed by atoms with Crippen LogP contribution in [-0.4, -0.2) is 23.9 Å². The zero-order chi connectivity index (χ0) is 13.4. The lowest BCUT2D eigenvalue weighted by atomic mass is 9.88. The molecule has 0 radical (unpaired) electrons. The van der Waals surface area contributed by atoms with Crippen LogP contribution < -0.4 is 5.32 Å². The van der Waals surface area contributed by atoms with Gasteiger partial charge >= 0.3 is 0 Å². The lowest BCUT2D eigenvalue weighted by Gasteiger charge is -2.21. The Bertz CT molecular complexity index is 626. The Morgan fingerprint density at radius 1 is 1.32 bits per heavy atom. The zero-order valence-electron chi connectivity index (χ0n) is 10.9. The van der Waals surface area contributed by atoms with E-state index in [9.17, 15) is 4.79 Å². The minimum Gasteiger partial charge on any atom is -0.357 e. The van der Waals surface area contributed by atoms with Crippen molar-refractivity contribution in [1.29, 1.82) is 0 Å². The first-order chi connectivity index (χ1) is 9.18. The van der Waals surface area contributed by atoms with E-state index in [1.165, 1.54) is 0 Å². The van der Waals surface area contributed by atoms with Gasteiger partial charge in [-0.05, 0) is 38.9 Å². The fourth-order valence-electron chi connectivity index (χ4n) is 2.92. The molecule has 1 fully saturated rings. The van der Waals surface area contributed by atoms with Gasteiger partial charge in [0.2, 0.25) is 0 Å². The van der Waals surface area contributed by atoms with Gasteiger partial charge in [0.1, 0.15) is 0 Å². The number of para-hydroxylation sites is 1. The second kappa shape index (κ2) is 4.99. The van der Waals surface area contributed by atoms with Crippen LogP contribution in [0.4, 0.5) is 0 Å². The number of H-pyrrole nitrogens is 1. The third-order valence-corrected chi connectivity index (χ3v) is 4.24. The second-order valence-corrected chi connectivity index (χ2v) is 5.58. The van der Waals surface area contributed by atoms with Gasteiger partial charge in [-0.3, -0.25) is 4.79 Å². The summed E-state index contributed by atoms with van der Waals surface area (Å²) in [6.45, 7) is 3.81. The number of fused-ring (bicyclic) bond motifs is 1. The normalized spacial score (nSPS) is 16.9. The van der Waals surface area contributed by atoms with E-state index in [0.717, 1.165) is 48.1 Å². The first-order valence-corrected chi connectivity index (χ1v) is 7.08. The maximum absolute atomic E-state index is 12.7. The number of aromatic amines is 1. The Morgan fingerprint density at radius 3 is 2.79 bits per heavy atom. The van der Waals surface area contributed by atoms with Crippen LogP contribution in [0.1, 0.15) is 28.9 Å². The smallest absolute Gasteiger partial charge is 0.168 e. The number of rotatable bonds is 2. The number of piperidine rings is 1. The summed E-state index contributed by atoms with van der Waals surface area (Å²) in [5, 5.41) is 4.92. The van der Waals surface area contributed by atoms with Gasteiger partial charge < -0.3 is 10.3 Å². The highest BCUT2D eigenvalue weighted by atomic mass is 35.5. The van der Waals surface area contributed by atoms with E-state index < -0.39 is 0 Å². The fraction of sp³-hybridized carbons (Fsp3) is 0.400. The molecule has 0 amide bonds. The molecule has 1 aliphatic heterocycles. The fourth-order valence-corrected chi connectivity index (χ4v) is 3.14. The molecule has 0 atom stereocenters. The number of hydrogen-bond acceptors (Lipinski definition) is 2. The number of aryl methyl sites for hydroxylation is 1. The molecular weight excluding hydrogens is 260 g/mol. The molecule has 2 N–H and O–H groups in total. The van der Waals surface area contributed by atoms with Gasteiger partial charge in [-0.15, -0.1) is 0 Å². The SMILES string of the molecule is Cc1[nH]c2c(Cl)cccc2c1C(=O)C1CCNCC1. The van der Waals surface area contributed by atoms with Gasteiger partial charge in [0.05, 0.1) is 10.5 Å². The maximum atomic E-state index is 12.7. The van der Waals surface area contributed by atoms with Crippen molar-refractivity contribution < 1.29 is 4.79 Å². The van der Waals surface area contributed by atoms with Crippen molar-refractivity contribution in [3.05, 3.63) is 34.5 Å². The molecule has 0 aliphatic carbocycles. The van der Waals surface area contributed by atoms with Crippen molar-refractivity contribution in [2.75, 3.05) is 13.1 Å². The topological polar surface area (TPSA) is 44.9 Å². The maximum Gasteiger partial charge on any atom is 0.168 e. The van der Waals surface area contributed by atoms with E-state index in [2.05, 4.69) is 10.3 Å². The van der Waals surface area contributed by atoms with Gasteiger partial charge in [-0.25, -0.2) is 0 Å². The lowest BCUT2D eigenvalue weighted by molar-refractivity contribution is 0.0896. The molecular formula is C15H17ClN2O. The molecule has 2 heterocycles. The van der Waals surface area contributed by atoms with Crippen molar-refractivity contribution in [2.45, 2.75) is 19.8 Å². The minimum absolute atomic E-state index is 0.137. The number of benzene rings is 1. The molecule has 1 aromatic heterocycles. The average Bonchev–Trinajstić information content (AvgIpc) is 2.77. The standard InChI is InChI=1S/C15H17ClN2O/c1-9-13(15(19)10-5-7-17-8-6-10)11-3-2-4-12(16)14(11)18-9/h2-4,10,17-18H,5-8H2,1H3. The third kappa shape index (κ3) is 2.17. The molecule has 3 rings (SSSR count). The second-order valence-electron chi connectivity index (χ2n) is 5.18. The summed E-state index contributed by atoms with van der Waals surface area (Å²) in [6.07, 6.45) is 1.84. The molecule has 100 valence electrons. The number of halogens is 1. The van der Waals surface area contributed by atoms with Crippen LogP contribution in [-0.2, 0) is 0 Å². The van der Waals surface area contributed by atoms with Crippen LogP contribution in [0, 0.1) is 12.8 Å². The summed E-state index contributed by atoms with van der Waals surface area (Å²) in [4.78, 5) is 16.0. The molecule has 1 aliphatic rings. The highest BCUT2D eigenvalue weighted by Crippen LogP contribution is 2.31. The van der Waals surface area contributed by atoms with Crippen molar-refractivity contribution in [3.63, 3.8) is 0 Å². The number of aromatic nitrogens is 1. The highest BCUT2D eigenvalue weighted by molar-refractivity contribution is 6.35. The molecule has 19 heavy (non-hydrogen) atoms. The summed E-state index contributed by atoms with van der Waals surface area (Å²) in [6, 6.07) is 5.72. The molecule has 1 aromatic carbocycles. The highest BCUT2D eigenvalue weighted by Gasteiger charge is 2.26. The number of carbonyl (C=O) groups is 1. The van der Waals surface area contributed by atoms with Crippen LogP contribution in [0.2, 0.25) is 5.02 Å². The Balaban J connectivity index is 2.06. The molecule has 0 spiro atoms. The predicted octanol–water partition coefficient (Wildman–Crippen LogP) is 3.31. The van der Waals surface area contributed by atoms with Crippen molar-refractivity contribution in [2.24, 2.45) is 5.92 Å². The largest absolute Gasteiger partial charge is 0.357 e. The van der Waals surface area contributed by atoms with Crippen LogP contribution in [0.5, 0.6) is 0 Å². The Morgan fingerprint density at radius 2 is 2.05 bits per heavy atom. The van der Waals surface area contributed by atoms with Crippen LogP contribution in [0.15, 0.2) is 18.2 Å². The van der Waals surface area contributed by atoms with E-state index >= 15 is 0 Å². The Kier molecular flexibility index (Phi) is 3.33. The quantitative estimate of drug-likeness (QED) is 0.827. The Labute approximate surface area is 117 Å². The van der Waals surface area contributed by atoms with E-state index in [0.29, 0.717) is 5.02 Å². The lowest BCUT2D eigenvalue weighted by Crippen LogP contribution is -2.32. The number of carbonyl (C=O) groups excluding carboxylic acids is 1.